The first-order valence-electron chi connectivity index (χ1n) is 9.01. The van der Waals surface area contributed by atoms with Crippen LogP contribution in [0.4, 0.5) is 4.39 Å². The molecule has 4 rings (SSSR count). The Morgan fingerprint density at radius 2 is 2.00 bits per heavy atom. The molecule has 2 N–H and O–H groups in total. The Morgan fingerprint density at radius 1 is 1.20 bits per heavy atom. The second kappa shape index (κ2) is 7.16. The largest absolute Gasteiger partial charge is 0.338 e. The Kier molecular flexibility index (Phi) is 4.76. The number of fused-ring (bicyclic) bond motifs is 3. The van der Waals surface area contributed by atoms with Crippen LogP contribution < -0.4 is 4.72 Å². The molecule has 0 spiro atoms. The van der Waals surface area contributed by atoms with Crippen LogP contribution in [0, 0.1) is 17.7 Å². The van der Waals surface area contributed by atoms with Crippen molar-refractivity contribution in [3.63, 3.8) is 0 Å². The fraction of sp³-hybridized carbons (Fsp3) is 0.190. The lowest BCUT2D eigenvalue weighted by Crippen LogP contribution is -2.41. The van der Waals surface area contributed by atoms with E-state index in [1.165, 1.54) is 0 Å². The van der Waals surface area contributed by atoms with Crippen molar-refractivity contribution >= 4 is 32.0 Å². The summed E-state index contributed by atoms with van der Waals surface area (Å²) in [5.74, 6) is 5.04. The first-order valence-corrected chi connectivity index (χ1v) is 10.9. The van der Waals surface area contributed by atoms with E-state index in [1.807, 2.05) is 18.2 Å². The van der Waals surface area contributed by atoms with Crippen LogP contribution >= 0.6 is 0 Å². The molecule has 0 aromatic carbocycles. The van der Waals surface area contributed by atoms with Gasteiger partial charge in [-0.2, -0.15) is 4.72 Å². The molecule has 0 bridgehead atoms. The molecule has 4 heterocycles. The summed E-state index contributed by atoms with van der Waals surface area (Å²) in [6.07, 6.45) is 7.17. The average Bonchev–Trinajstić information content (AvgIpc) is 3.04. The number of nitrogens with zero attached hydrogens (tertiary/aromatic N) is 3. The summed E-state index contributed by atoms with van der Waals surface area (Å²) in [4.78, 5) is 15.8. The summed E-state index contributed by atoms with van der Waals surface area (Å²) >= 11 is 0. The normalized spacial score (nSPS) is 12.1. The van der Waals surface area contributed by atoms with E-state index in [9.17, 15) is 12.8 Å². The number of aromatic amines is 1. The SMILES string of the molecule is CC(C)(C#Cc1c(F)cnc2[nH]c3cnc(-c4cccnc4)cc3c12)NS(C)(=O)=O. The Bertz CT molecular complexity index is 1430. The summed E-state index contributed by atoms with van der Waals surface area (Å²) in [5.41, 5.74) is 1.72. The lowest BCUT2D eigenvalue weighted by Gasteiger charge is -2.17. The number of H-pyrrole nitrogens is 1. The van der Waals surface area contributed by atoms with Crippen LogP contribution in [0.15, 0.2) is 43.0 Å². The van der Waals surface area contributed by atoms with E-state index in [0.29, 0.717) is 27.6 Å². The first kappa shape index (κ1) is 19.9. The third kappa shape index (κ3) is 4.01. The monoisotopic (exact) mass is 423 g/mol. The third-order valence-corrected chi connectivity index (χ3v) is 5.24. The molecule has 4 aromatic heterocycles. The summed E-state index contributed by atoms with van der Waals surface area (Å²) in [6, 6.07) is 5.53. The number of rotatable bonds is 3. The van der Waals surface area contributed by atoms with Crippen molar-refractivity contribution in [1.29, 1.82) is 0 Å². The molecule has 0 aliphatic carbocycles. The van der Waals surface area contributed by atoms with Gasteiger partial charge in [0.25, 0.3) is 0 Å². The van der Waals surface area contributed by atoms with E-state index < -0.39 is 21.4 Å². The predicted molar refractivity (Wildman–Crippen MR) is 114 cm³/mol. The van der Waals surface area contributed by atoms with Crippen LogP contribution in [0.25, 0.3) is 33.2 Å². The maximum Gasteiger partial charge on any atom is 0.209 e. The minimum Gasteiger partial charge on any atom is -0.338 e. The fourth-order valence-electron chi connectivity index (χ4n) is 3.24. The van der Waals surface area contributed by atoms with E-state index in [-0.39, 0.29) is 5.56 Å². The molecule has 0 fully saturated rings. The van der Waals surface area contributed by atoms with Crippen molar-refractivity contribution in [3.8, 4) is 23.1 Å². The van der Waals surface area contributed by atoms with Crippen LogP contribution in [-0.4, -0.2) is 40.1 Å². The lowest BCUT2D eigenvalue weighted by molar-refractivity contribution is 0.544. The van der Waals surface area contributed by atoms with Crippen LogP contribution in [-0.2, 0) is 10.0 Å². The fourth-order valence-corrected chi connectivity index (χ4v) is 4.21. The van der Waals surface area contributed by atoms with Crippen LogP contribution in [0.2, 0.25) is 0 Å². The van der Waals surface area contributed by atoms with Crippen LogP contribution in [0.1, 0.15) is 19.4 Å². The second-order valence-electron chi connectivity index (χ2n) is 7.44. The quantitative estimate of drug-likeness (QED) is 0.494. The highest BCUT2D eigenvalue weighted by Gasteiger charge is 2.20. The molecule has 152 valence electrons. The summed E-state index contributed by atoms with van der Waals surface area (Å²) in [6.45, 7) is 3.22. The van der Waals surface area contributed by atoms with Crippen molar-refractivity contribution < 1.29 is 12.8 Å². The number of pyridine rings is 3. The second-order valence-corrected chi connectivity index (χ2v) is 9.18. The average molecular weight is 423 g/mol. The molecular formula is C21H18FN5O2S. The standard InChI is InChI=1S/C21H18FN5O2S/c1-21(2,27-30(3,28)29)7-6-14-16(22)11-25-20-19(14)15-9-17(24-12-18(15)26-20)13-5-4-8-23-10-13/h4-5,8-12,27H,1-3H3,(H,25,26). The molecule has 0 aliphatic rings. The molecule has 0 aliphatic heterocycles. The van der Waals surface area contributed by atoms with Gasteiger partial charge in [0.2, 0.25) is 10.0 Å². The zero-order chi connectivity index (χ0) is 21.5. The van der Waals surface area contributed by atoms with Crippen molar-refractivity contribution in [1.82, 2.24) is 24.7 Å². The van der Waals surface area contributed by atoms with Crippen molar-refractivity contribution in [3.05, 3.63) is 54.4 Å². The molecule has 9 heteroatoms. The molecule has 0 saturated heterocycles. The van der Waals surface area contributed by atoms with E-state index in [2.05, 4.69) is 36.5 Å². The number of halogens is 1. The topological polar surface area (TPSA) is 101 Å². The Hall–Kier alpha value is -3.35. The smallest absolute Gasteiger partial charge is 0.209 e. The molecule has 30 heavy (non-hydrogen) atoms. The highest BCUT2D eigenvalue weighted by Crippen LogP contribution is 2.30. The maximum atomic E-state index is 14.7. The Labute approximate surface area is 172 Å². The van der Waals surface area contributed by atoms with E-state index in [4.69, 9.17) is 0 Å². The molecule has 4 aromatic rings. The number of nitrogens with one attached hydrogen (secondary N) is 2. The molecular weight excluding hydrogens is 405 g/mol. The molecule has 0 unspecified atom stereocenters. The minimum absolute atomic E-state index is 0.137. The van der Waals surface area contributed by atoms with Crippen molar-refractivity contribution in [2.24, 2.45) is 0 Å². The van der Waals surface area contributed by atoms with Gasteiger partial charge in [0.1, 0.15) is 5.65 Å². The highest BCUT2D eigenvalue weighted by atomic mass is 32.2. The molecule has 0 atom stereocenters. The summed E-state index contributed by atoms with van der Waals surface area (Å²) in [7, 11) is -3.48. The summed E-state index contributed by atoms with van der Waals surface area (Å²) in [5, 5.41) is 1.23. The highest BCUT2D eigenvalue weighted by molar-refractivity contribution is 7.88. The van der Waals surface area contributed by atoms with Crippen molar-refractivity contribution in [2.45, 2.75) is 19.4 Å². The zero-order valence-corrected chi connectivity index (χ0v) is 17.3. The van der Waals surface area contributed by atoms with E-state index in [0.717, 1.165) is 18.0 Å². The van der Waals surface area contributed by atoms with Gasteiger partial charge in [0, 0.05) is 28.7 Å². The van der Waals surface area contributed by atoms with E-state index >= 15 is 0 Å². The van der Waals surface area contributed by atoms with Crippen LogP contribution in [0.3, 0.4) is 0 Å². The van der Waals surface area contributed by atoms with Gasteiger partial charge in [-0.25, -0.2) is 17.8 Å². The van der Waals surface area contributed by atoms with Gasteiger partial charge in [0.05, 0.1) is 41.0 Å². The minimum atomic E-state index is -3.48. The van der Waals surface area contributed by atoms with Gasteiger partial charge in [-0.15, -0.1) is 0 Å². The van der Waals surface area contributed by atoms with E-state index in [1.54, 1.807) is 32.4 Å². The predicted octanol–water partition coefficient (Wildman–Crippen LogP) is 2.99. The molecule has 7 nitrogen and oxygen atoms in total. The first-order chi connectivity index (χ1) is 14.1. The summed E-state index contributed by atoms with van der Waals surface area (Å²) < 4.78 is 40.3. The van der Waals surface area contributed by atoms with Gasteiger partial charge in [0.15, 0.2) is 5.82 Å². The zero-order valence-electron chi connectivity index (χ0n) is 16.5. The van der Waals surface area contributed by atoms with Crippen LogP contribution in [0.5, 0.6) is 0 Å². The van der Waals surface area contributed by atoms with Gasteiger partial charge >= 0.3 is 0 Å². The van der Waals surface area contributed by atoms with Gasteiger partial charge < -0.3 is 4.98 Å². The van der Waals surface area contributed by atoms with Gasteiger partial charge in [-0.3, -0.25) is 9.97 Å². The number of aromatic nitrogens is 4. The molecule has 0 saturated carbocycles. The number of sulfonamides is 1. The van der Waals surface area contributed by atoms with Gasteiger partial charge in [-0.1, -0.05) is 11.8 Å². The maximum absolute atomic E-state index is 14.7. The van der Waals surface area contributed by atoms with Gasteiger partial charge in [-0.05, 0) is 32.0 Å². The number of hydrogen-bond donors (Lipinski definition) is 2. The Morgan fingerprint density at radius 3 is 2.70 bits per heavy atom. The lowest BCUT2D eigenvalue weighted by atomic mass is 10.0. The number of hydrogen-bond acceptors (Lipinski definition) is 5. The Balaban J connectivity index is 1.92. The third-order valence-electron chi connectivity index (χ3n) is 4.36. The molecule has 0 radical (unpaired) electrons. The van der Waals surface area contributed by atoms with Crippen molar-refractivity contribution in [2.75, 3.05) is 6.26 Å². The molecule has 0 amide bonds.